The molecule has 5 nitrogen and oxygen atoms in total. The fourth-order valence-electron chi connectivity index (χ4n) is 2.65. The minimum atomic E-state index is -3.90. The van der Waals surface area contributed by atoms with Crippen molar-refractivity contribution >= 4 is 37.5 Å². The molecule has 29 heavy (non-hydrogen) atoms. The van der Waals surface area contributed by atoms with Crippen LogP contribution >= 0.6 is 15.9 Å². The predicted octanol–water partition coefficient (Wildman–Crippen LogP) is 4.42. The first-order valence-corrected chi connectivity index (χ1v) is 10.9. The Labute approximate surface area is 177 Å². The predicted molar refractivity (Wildman–Crippen MR) is 113 cm³/mol. The summed E-state index contributed by atoms with van der Waals surface area (Å²) in [4.78, 5) is 12.6. The van der Waals surface area contributed by atoms with Crippen molar-refractivity contribution in [2.75, 3.05) is 11.9 Å². The molecule has 0 aliphatic carbocycles. The van der Waals surface area contributed by atoms with E-state index < -0.39 is 21.7 Å². The first kappa shape index (κ1) is 21.2. The van der Waals surface area contributed by atoms with E-state index in [9.17, 15) is 17.6 Å². The number of rotatable bonds is 7. The molecule has 150 valence electrons. The maximum Gasteiger partial charge on any atom is 0.243 e. The second kappa shape index (κ2) is 9.30. The molecule has 0 radical (unpaired) electrons. The van der Waals surface area contributed by atoms with Crippen molar-refractivity contribution in [3.63, 3.8) is 0 Å². The van der Waals surface area contributed by atoms with Crippen molar-refractivity contribution in [2.24, 2.45) is 0 Å². The van der Waals surface area contributed by atoms with E-state index in [-0.39, 0.29) is 18.0 Å². The molecule has 3 rings (SSSR count). The standard InChI is InChI=1S/C21H18BrFN2O3S/c22-17-8-6-16(7-9-17)14-25(29(27,28)20-4-2-1-3-5-20)15-21(26)24-19-12-10-18(23)11-13-19/h1-13H,14-15H2,(H,24,26). The third-order valence-corrected chi connectivity index (χ3v) is 6.44. The highest BCUT2D eigenvalue weighted by molar-refractivity contribution is 9.10. The molecular weight excluding hydrogens is 459 g/mol. The number of amides is 1. The van der Waals surface area contributed by atoms with Crippen molar-refractivity contribution < 1.29 is 17.6 Å². The van der Waals surface area contributed by atoms with E-state index in [4.69, 9.17) is 0 Å². The zero-order chi connectivity index (χ0) is 20.9. The van der Waals surface area contributed by atoms with Crippen LogP contribution in [0.2, 0.25) is 0 Å². The quantitative estimate of drug-likeness (QED) is 0.548. The van der Waals surface area contributed by atoms with E-state index in [1.807, 2.05) is 0 Å². The third kappa shape index (κ3) is 5.72. The van der Waals surface area contributed by atoms with Crippen molar-refractivity contribution in [3.05, 3.63) is 94.7 Å². The summed E-state index contributed by atoms with van der Waals surface area (Å²) < 4.78 is 41.3. The number of hydrogen-bond acceptors (Lipinski definition) is 3. The molecule has 0 spiro atoms. The second-order valence-corrected chi connectivity index (χ2v) is 9.12. The first-order chi connectivity index (χ1) is 13.8. The maximum atomic E-state index is 13.1. The SMILES string of the molecule is O=C(CN(Cc1ccc(Br)cc1)S(=O)(=O)c1ccccc1)Nc1ccc(F)cc1. The van der Waals surface area contributed by atoms with Gasteiger partial charge in [0.25, 0.3) is 0 Å². The summed E-state index contributed by atoms with van der Waals surface area (Å²) in [6.45, 7) is -0.355. The van der Waals surface area contributed by atoms with Crippen LogP contribution in [-0.4, -0.2) is 25.2 Å². The smallest absolute Gasteiger partial charge is 0.243 e. The lowest BCUT2D eigenvalue weighted by atomic mass is 10.2. The number of hydrogen-bond donors (Lipinski definition) is 1. The number of carbonyl (C=O) groups excluding carboxylic acids is 1. The normalized spacial score (nSPS) is 11.4. The van der Waals surface area contributed by atoms with Gasteiger partial charge >= 0.3 is 0 Å². The van der Waals surface area contributed by atoms with Gasteiger partial charge in [0.1, 0.15) is 5.82 Å². The molecule has 0 bridgehead atoms. The number of anilines is 1. The molecule has 3 aromatic carbocycles. The van der Waals surface area contributed by atoms with Gasteiger partial charge in [-0.3, -0.25) is 4.79 Å². The van der Waals surface area contributed by atoms with Gasteiger partial charge in [-0.1, -0.05) is 46.3 Å². The molecule has 0 aliphatic rings. The van der Waals surface area contributed by atoms with Gasteiger partial charge in [-0.05, 0) is 54.1 Å². The number of halogens is 2. The zero-order valence-electron chi connectivity index (χ0n) is 15.3. The Morgan fingerprint density at radius 2 is 1.55 bits per heavy atom. The lowest BCUT2D eigenvalue weighted by Crippen LogP contribution is -2.37. The van der Waals surface area contributed by atoms with E-state index in [1.165, 1.54) is 36.4 Å². The van der Waals surface area contributed by atoms with Crippen LogP contribution in [-0.2, 0) is 21.4 Å². The third-order valence-electron chi connectivity index (χ3n) is 4.10. The van der Waals surface area contributed by atoms with Gasteiger partial charge < -0.3 is 5.32 Å². The molecular formula is C21H18BrFN2O3S. The van der Waals surface area contributed by atoms with Gasteiger partial charge in [0.15, 0.2) is 0 Å². The number of benzene rings is 3. The van der Waals surface area contributed by atoms with E-state index in [1.54, 1.807) is 42.5 Å². The Bertz CT molecular complexity index is 1070. The van der Waals surface area contributed by atoms with Crippen LogP contribution in [0.25, 0.3) is 0 Å². The van der Waals surface area contributed by atoms with Crippen LogP contribution in [0.4, 0.5) is 10.1 Å². The summed E-state index contributed by atoms with van der Waals surface area (Å²) in [6, 6.07) is 20.4. The van der Waals surface area contributed by atoms with E-state index in [0.29, 0.717) is 5.69 Å². The molecule has 0 aromatic heterocycles. The number of carbonyl (C=O) groups is 1. The minimum Gasteiger partial charge on any atom is -0.325 e. The molecule has 8 heteroatoms. The van der Waals surface area contributed by atoms with Gasteiger partial charge in [-0.2, -0.15) is 4.31 Å². The van der Waals surface area contributed by atoms with Gasteiger partial charge in [-0.25, -0.2) is 12.8 Å². The number of sulfonamides is 1. The van der Waals surface area contributed by atoms with Crippen molar-refractivity contribution in [1.29, 1.82) is 0 Å². The topological polar surface area (TPSA) is 66.5 Å². The number of nitrogens with one attached hydrogen (secondary N) is 1. The largest absolute Gasteiger partial charge is 0.325 e. The van der Waals surface area contributed by atoms with Crippen molar-refractivity contribution in [3.8, 4) is 0 Å². The fraction of sp³-hybridized carbons (Fsp3) is 0.0952. The zero-order valence-corrected chi connectivity index (χ0v) is 17.7. The van der Waals surface area contributed by atoms with E-state index >= 15 is 0 Å². The minimum absolute atomic E-state index is 0.0291. The van der Waals surface area contributed by atoms with Gasteiger partial charge in [-0.15, -0.1) is 0 Å². The molecule has 1 N–H and O–H groups in total. The summed E-state index contributed by atoms with van der Waals surface area (Å²) in [5.41, 5.74) is 1.12. The summed E-state index contributed by atoms with van der Waals surface area (Å²) in [6.07, 6.45) is 0. The molecule has 1 amide bonds. The lowest BCUT2D eigenvalue weighted by Gasteiger charge is -2.22. The molecule has 0 atom stereocenters. The maximum absolute atomic E-state index is 13.1. The van der Waals surface area contributed by atoms with Crippen LogP contribution in [0, 0.1) is 5.82 Å². The van der Waals surface area contributed by atoms with Crippen molar-refractivity contribution in [1.82, 2.24) is 4.31 Å². The molecule has 0 fully saturated rings. The number of nitrogens with zero attached hydrogens (tertiary/aromatic N) is 1. The van der Waals surface area contributed by atoms with E-state index in [0.717, 1.165) is 14.3 Å². The monoisotopic (exact) mass is 476 g/mol. The van der Waals surface area contributed by atoms with Crippen LogP contribution in [0.3, 0.4) is 0 Å². The Morgan fingerprint density at radius 3 is 2.17 bits per heavy atom. The summed E-state index contributed by atoms with van der Waals surface area (Å²) in [5, 5.41) is 2.60. The van der Waals surface area contributed by atoms with Gasteiger partial charge in [0.2, 0.25) is 15.9 Å². The summed E-state index contributed by atoms with van der Waals surface area (Å²) >= 11 is 3.35. The Morgan fingerprint density at radius 1 is 0.931 bits per heavy atom. The molecule has 3 aromatic rings. The van der Waals surface area contributed by atoms with Crippen LogP contribution in [0.1, 0.15) is 5.56 Å². The van der Waals surface area contributed by atoms with Crippen LogP contribution in [0.15, 0.2) is 88.2 Å². The fourth-order valence-corrected chi connectivity index (χ4v) is 4.32. The van der Waals surface area contributed by atoms with Gasteiger partial charge in [0.05, 0.1) is 11.4 Å². The lowest BCUT2D eigenvalue weighted by molar-refractivity contribution is -0.116. The average Bonchev–Trinajstić information content (AvgIpc) is 2.71. The molecule has 0 saturated carbocycles. The highest BCUT2D eigenvalue weighted by atomic mass is 79.9. The van der Waals surface area contributed by atoms with Crippen LogP contribution < -0.4 is 5.32 Å². The highest BCUT2D eigenvalue weighted by Crippen LogP contribution is 2.20. The molecule has 0 heterocycles. The van der Waals surface area contributed by atoms with Gasteiger partial charge in [0, 0.05) is 16.7 Å². The average molecular weight is 477 g/mol. The molecule has 0 saturated heterocycles. The Kier molecular flexibility index (Phi) is 6.79. The summed E-state index contributed by atoms with van der Waals surface area (Å²) in [7, 11) is -3.90. The first-order valence-electron chi connectivity index (χ1n) is 8.70. The van der Waals surface area contributed by atoms with E-state index in [2.05, 4.69) is 21.2 Å². The Balaban J connectivity index is 1.84. The van der Waals surface area contributed by atoms with Crippen molar-refractivity contribution in [2.45, 2.75) is 11.4 Å². The highest BCUT2D eigenvalue weighted by Gasteiger charge is 2.26. The van der Waals surface area contributed by atoms with Crippen LogP contribution in [0.5, 0.6) is 0 Å². The summed E-state index contributed by atoms with van der Waals surface area (Å²) in [5.74, 6) is -0.945. The Hall–Kier alpha value is -2.55. The molecule has 0 aliphatic heterocycles. The molecule has 0 unspecified atom stereocenters. The second-order valence-electron chi connectivity index (χ2n) is 6.27.